The molecule has 1 aliphatic heterocycles. The number of nitrogens with one attached hydrogen (secondary N) is 1. The summed E-state index contributed by atoms with van der Waals surface area (Å²) >= 11 is 0. The first-order valence-corrected chi connectivity index (χ1v) is 7.68. The number of ether oxygens (including phenoxy) is 1. The van der Waals surface area contributed by atoms with Gasteiger partial charge < -0.3 is 15.0 Å². The van der Waals surface area contributed by atoms with Crippen molar-refractivity contribution in [1.82, 2.24) is 5.32 Å². The van der Waals surface area contributed by atoms with Crippen LogP contribution in [-0.2, 0) is 11.3 Å². The maximum atomic E-state index is 9.43. The van der Waals surface area contributed by atoms with Gasteiger partial charge in [-0.2, -0.15) is 5.26 Å². The standard InChI is InChI=1S/C17H25N3O/c1-13(2)19-12-14-4-5-17(15(10-14)11-18)20-8-6-16(21-3)7-9-20/h4-5,10,13,16,19H,6-9,12H2,1-3H3. The number of anilines is 1. The van der Waals surface area contributed by atoms with Gasteiger partial charge in [-0.05, 0) is 30.5 Å². The zero-order valence-corrected chi connectivity index (χ0v) is 13.2. The Balaban J connectivity index is 2.08. The molecule has 0 aliphatic carbocycles. The van der Waals surface area contributed by atoms with E-state index in [4.69, 9.17) is 4.74 Å². The maximum absolute atomic E-state index is 9.43. The summed E-state index contributed by atoms with van der Waals surface area (Å²) in [6.07, 6.45) is 2.41. The lowest BCUT2D eigenvalue weighted by Gasteiger charge is -2.33. The van der Waals surface area contributed by atoms with E-state index in [-0.39, 0.29) is 0 Å². The summed E-state index contributed by atoms with van der Waals surface area (Å²) in [5.74, 6) is 0. The first-order valence-electron chi connectivity index (χ1n) is 7.68. The second kappa shape index (κ2) is 7.44. The maximum Gasteiger partial charge on any atom is 0.101 e. The molecule has 2 rings (SSSR count). The molecule has 114 valence electrons. The number of hydrogen-bond donors (Lipinski definition) is 1. The summed E-state index contributed by atoms with van der Waals surface area (Å²) in [6.45, 7) is 6.96. The molecule has 4 nitrogen and oxygen atoms in total. The van der Waals surface area contributed by atoms with E-state index in [0.29, 0.717) is 12.1 Å². The summed E-state index contributed by atoms with van der Waals surface area (Å²) in [4.78, 5) is 2.30. The van der Waals surface area contributed by atoms with E-state index >= 15 is 0 Å². The molecule has 1 heterocycles. The minimum absolute atomic E-state index is 0.362. The predicted molar refractivity (Wildman–Crippen MR) is 85.4 cm³/mol. The molecular weight excluding hydrogens is 262 g/mol. The Labute approximate surface area is 127 Å². The molecule has 21 heavy (non-hydrogen) atoms. The van der Waals surface area contributed by atoms with Crippen molar-refractivity contribution < 1.29 is 4.74 Å². The fourth-order valence-electron chi connectivity index (χ4n) is 2.71. The Morgan fingerprint density at radius 2 is 2.10 bits per heavy atom. The molecule has 1 fully saturated rings. The third kappa shape index (κ3) is 4.20. The smallest absolute Gasteiger partial charge is 0.101 e. The average molecular weight is 287 g/mol. The fraction of sp³-hybridized carbons (Fsp3) is 0.588. The van der Waals surface area contributed by atoms with Crippen molar-refractivity contribution in [2.45, 2.75) is 45.4 Å². The topological polar surface area (TPSA) is 48.3 Å². The van der Waals surface area contributed by atoms with Gasteiger partial charge in [0.1, 0.15) is 6.07 Å². The van der Waals surface area contributed by atoms with Crippen molar-refractivity contribution in [3.8, 4) is 6.07 Å². The Kier molecular flexibility index (Phi) is 5.60. The van der Waals surface area contributed by atoms with Crippen LogP contribution in [0, 0.1) is 11.3 Å². The molecule has 0 bridgehead atoms. The molecule has 0 spiro atoms. The zero-order valence-electron chi connectivity index (χ0n) is 13.2. The number of nitriles is 1. The van der Waals surface area contributed by atoms with Gasteiger partial charge in [-0.3, -0.25) is 0 Å². The van der Waals surface area contributed by atoms with Crippen LogP contribution in [-0.4, -0.2) is 32.3 Å². The third-order valence-electron chi connectivity index (χ3n) is 4.01. The fourth-order valence-corrected chi connectivity index (χ4v) is 2.71. The minimum Gasteiger partial charge on any atom is -0.381 e. The van der Waals surface area contributed by atoms with Crippen LogP contribution in [0.5, 0.6) is 0 Å². The van der Waals surface area contributed by atoms with Crippen LogP contribution in [0.15, 0.2) is 18.2 Å². The highest BCUT2D eigenvalue weighted by atomic mass is 16.5. The van der Waals surface area contributed by atoms with Gasteiger partial charge in [0.05, 0.1) is 17.4 Å². The van der Waals surface area contributed by atoms with Crippen LogP contribution in [0.4, 0.5) is 5.69 Å². The van der Waals surface area contributed by atoms with Crippen molar-refractivity contribution in [3.05, 3.63) is 29.3 Å². The Bertz CT molecular complexity index is 499. The van der Waals surface area contributed by atoms with Crippen molar-refractivity contribution >= 4 is 5.69 Å². The Hall–Kier alpha value is -1.57. The normalized spacial score (nSPS) is 16.2. The molecule has 1 aromatic carbocycles. The molecule has 0 radical (unpaired) electrons. The van der Waals surface area contributed by atoms with Gasteiger partial charge in [0.25, 0.3) is 0 Å². The predicted octanol–water partition coefficient (Wildman–Crippen LogP) is 2.67. The van der Waals surface area contributed by atoms with Crippen LogP contribution < -0.4 is 10.2 Å². The highest BCUT2D eigenvalue weighted by molar-refractivity contribution is 5.60. The third-order valence-corrected chi connectivity index (χ3v) is 4.01. The monoisotopic (exact) mass is 287 g/mol. The van der Waals surface area contributed by atoms with Crippen molar-refractivity contribution in [1.29, 1.82) is 5.26 Å². The quantitative estimate of drug-likeness (QED) is 0.904. The van der Waals surface area contributed by atoms with E-state index in [1.807, 2.05) is 6.07 Å². The van der Waals surface area contributed by atoms with E-state index in [1.54, 1.807) is 7.11 Å². The number of hydrogen-bond acceptors (Lipinski definition) is 4. The Morgan fingerprint density at radius 3 is 2.67 bits per heavy atom. The van der Waals surface area contributed by atoms with E-state index in [0.717, 1.165) is 49.3 Å². The van der Waals surface area contributed by atoms with Gasteiger partial charge >= 0.3 is 0 Å². The lowest BCUT2D eigenvalue weighted by molar-refractivity contribution is 0.0819. The van der Waals surface area contributed by atoms with Gasteiger partial charge in [0.2, 0.25) is 0 Å². The van der Waals surface area contributed by atoms with Gasteiger partial charge in [0, 0.05) is 32.8 Å². The minimum atomic E-state index is 0.362. The summed E-state index contributed by atoms with van der Waals surface area (Å²) < 4.78 is 5.41. The number of methoxy groups -OCH3 is 1. The van der Waals surface area contributed by atoms with Crippen LogP contribution in [0.25, 0.3) is 0 Å². The second-order valence-electron chi connectivity index (χ2n) is 5.92. The SMILES string of the molecule is COC1CCN(c2ccc(CNC(C)C)cc2C#N)CC1. The lowest BCUT2D eigenvalue weighted by atomic mass is 10.0. The zero-order chi connectivity index (χ0) is 15.2. The summed E-state index contributed by atoms with van der Waals surface area (Å²) in [5.41, 5.74) is 2.99. The van der Waals surface area contributed by atoms with Crippen molar-refractivity contribution in [2.75, 3.05) is 25.1 Å². The van der Waals surface area contributed by atoms with Crippen LogP contribution in [0.2, 0.25) is 0 Å². The second-order valence-corrected chi connectivity index (χ2v) is 5.92. The molecule has 1 N–H and O–H groups in total. The van der Waals surface area contributed by atoms with Crippen molar-refractivity contribution in [3.63, 3.8) is 0 Å². The molecular formula is C17H25N3O. The molecule has 1 aliphatic rings. The highest BCUT2D eigenvalue weighted by Crippen LogP contribution is 2.25. The van der Waals surface area contributed by atoms with Gasteiger partial charge in [-0.25, -0.2) is 0 Å². The Morgan fingerprint density at radius 1 is 1.38 bits per heavy atom. The highest BCUT2D eigenvalue weighted by Gasteiger charge is 2.20. The first-order chi connectivity index (χ1) is 10.1. The first kappa shape index (κ1) is 15.8. The molecule has 0 saturated carbocycles. The summed E-state index contributed by atoms with van der Waals surface area (Å²) in [7, 11) is 1.78. The lowest BCUT2D eigenvalue weighted by Crippen LogP contribution is -2.37. The summed E-state index contributed by atoms with van der Waals surface area (Å²) in [6, 6.07) is 9.01. The van der Waals surface area contributed by atoms with Gasteiger partial charge in [-0.15, -0.1) is 0 Å². The largest absolute Gasteiger partial charge is 0.381 e. The average Bonchev–Trinajstić information content (AvgIpc) is 2.52. The molecule has 0 aromatic heterocycles. The van der Waals surface area contributed by atoms with E-state index in [1.165, 1.54) is 0 Å². The van der Waals surface area contributed by atoms with Crippen LogP contribution >= 0.6 is 0 Å². The number of nitrogens with zero attached hydrogens (tertiary/aromatic N) is 2. The van der Waals surface area contributed by atoms with Crippen LogP contribution in [0.3, 0.4) is 0 Å². The molecule has 0 unspecified atom stereocenters. The number of piperidine rings is 1. The van der Waals surface area contributed by atoms with E-state index in [2.05, 4.69) is 42.3 Å². The van der Waals surface area contributed by atoms with Gasteiger partial charge in [0.15, 0.2) is 0 Å². The van der Waals surface area contributed by atoms with Crippen LogP contribution in [0.1, 0.15) is 37.8 Å². The van der Waals surface area contributed by atoms with Crippen molar-refractivity contribution in [2.24, 2.45) is 0 Å². The number of benzene rings is 1. The summed E-state index contributed by atoms with van der Waals surface area (Å²) in [5, 5.41) is 12.8. The number of rotatable bonds is 5. The molecule has 0 amide bonds. The van der Waals surface area contributed by atoms with E-state index < -0.39 is 0 Å². The molecule has 0 atom stereocenters. The molecule has 1 aromatic rings. The molecule has 1 saturated heterocycles. The molecule has 4 heteroatoms. The van der Waals surface area contributed by atoms with E-state index in [9.17, 15) is 5.26 Å². The van der Waals surface area contributed by atoms with Gasteiger partial charge in [-0.1, -0.05) is 19.9 Å².